The van der Waals surface area contributed by atoms with Gasteiger partial charge in [-0.3, -0.25) is 4.79 Å². The molecule has 0 amide bonds. The van der Waals surface area contributed by atoms with Crippen molar-refractivity contribution in [2.45, 2.75) is 6.92 Å². The molecule has 0 aliphatic carbocycles. The molecule has 0 atom stereocenters. The first-order chi connectivity index (χ1) is 10.8. The van der Waals surface area contributed by atoms with Crippen LogP contribution in [-0.4, -0.2) is 10.2 Å². The summed E-state index contributed by atoms with van der Waals surface area (Å²) in [6.07, 6.45) is 1.97. The maximum absolute atomic E-state index is 13.0. The zero-order valence-corrected chi connectivity index (χ0v) is 12.3. The first-order valence-electron chi connectivity index (χ1n) is 7.35. The molecular weight excluding hydrogens is 270 g/mol. The van der Waals surface area contributed by atoms with E-state index in [9.17, 15) is 4.79 Å². The highest BCUT2D eigenvalue weighted by Gasteiger charge is 2.19. The normalized spacial score (nSPS) is 11.1. The van der Waals surface area contributed by atoms with Crippen LogP contribution in [0.1, 0.15) is 21.6 Å². The largest absolute Gasteiger partial charge is 0.312 e. The Balaban J connectivity index is 2.12. The molecule has 0 radical (unpaired) electrons. The fraction of sp³-hybridized carbons (Fsp3) is 0.0500. The quantitative estimate of drug-likeness (QED) is 0.492. The molecule has 0 unspecified atom stereocenters. The lowest BCUT2D eigenvalue weighted by atomic mass is 10.0. The van der Waals surface area contributed by atoms with E-state index in [2.05, 4.69) is 19.1 Å². The third-order valence-corrected chi connectivity index (χ3v) is 4.13. The van der Waals surface area contributed by atoms with Crippen LogP contribution in [-0.2, 0) is 0 Å². The van der Waals surface area contributed by atoms with Gasteiger partial charge in [0.2, 0.25) is 5.78 Å². The number of fused-ring (bicyclic) bond motifs is 3. The van der Waals surface area contributed by atoms with Gasteiger partial charge in [-0.05, 0) is 18.6 Å². The highest BCUT2D eigenvalue weighted by Crippen LogP contribution is 2.30. The summed E-state index contributed by atoms with van der Waals surface area (Å²) >= 11 is 0. The molecule has 2 aromatic carbocycles. The molecule has 4 rings (SSSR count). The molecule has 0 saturated carbocycles. The molecule has 0 spiro atoms. The van der Waals surface area contributed by atoms with E-state index in [-0.39, 0.29) is 5.78 Å². The summed E-state index contributed by atoms with van der Waals surface area (Å²) in [4.78, 5) is 13.0. The fourth-order valence-corrected chi connectivity index (χ4v) is 3.13. The van der Waals surface area contributed by atoms with Gasteiger partial charge in [0.25, 0.3) is 0 Å². The van der Waals surface area contributed by atoms with Crippen LogP contribution < -0.4 is 0 Å². The van der Waals surface area contributed by atoms with Crippen molar-refractivity contribution in [2.24, 2.45) is 0 Å². The van der Waals surface area contributed by atoms with Crippen molar-refractivity contribution in [1.29, 1.82) is 0 Å². The number of rotatable bonds is 2. The van der Waals surface area contributed by atoms with Gasteiger partial charge in [-0.15, -0.1) is 0 Å². The number of benzene rings is 2. The first kappa shape index (κ1) is 12.8. The average molecular weight is 285 g/mol. The second-order valence-electron chi connectivity index (χ2n) is 5.50. The van der Waals surface area contributed by atoms with E-state index in [1.54, 1.807) is 0 Å². The number of carbonyl (C=O) groups is 1. The molecule has 106 valence electrons. The van der Waals surface area contributed by atoms with Crippen molar-refractivity contribution in [3.05, 3.63) is 89.7 Å². The summed E-state index contributed by atoms with van der Waals surface area (Å²) in [6, 6.07) is 21.6. The van der Waals surface area contributed by atoms with Crippen molar-refractivity contribution in [3.63, 3.8) is 0 Å². The number of pyridine rings is 1. The van der Waals surface area contributed by atoms with E-state index in [1.165, 1.54) is 5.56 Å². The highest BCUT2D eigenvalue weighted by molar-refractivity contribution is 6.19. The Morgan fingerprint density at radius 3 is 2.27 bits per heavy atom. The van der Waals surface area contributed by atoms with Crippen LogP contribution in [0.15, 0.2) is 72.9 Å². The van der Waals surface area contributed by atoms with Gasteiger partial charge in [-0.25, -0.2) is 0 Å². The number of carbonyl (C=O) groups excluding carboxylic acids is 1. The number of aryl methyl sites for hydroxylation is 1. The van der Waals surface area contributed by atoms with Gasteiger partial charge in [0.1, 0.15) is 5.69 Å². The van der Waals surface area contributed by atoms with Gasteiger partial charge in [-0.1, -0.05) is 60.7 Å². The molecule has 0 aliphatic heterocycles. The van der Waals surface area contributed by atoms with Crippen LogP contribution >= 0.6 is 0 Å². The average Bonchev–Trinajstić information content (AvgIpc) is 2.90. The lowest BCUT2D eigenvalue weighted by Gasteiger charge is -2.04. The third kappa shape index (κ3) is 1.77. The van der Waals surface area contributed by atoms with E-state index in [0.29, 0.717) is 5.56 Å². The minimum Gasteiger partial charge on any atom is -0.312 e. The van der Waals surface area contributed by atoms with Crippen molar-refractivity contribution in [1.82, 2.24) is 4.40 Å². The lowest BCUT2D eigenvalue weighted by molar-refractivity contribution is 0.103. The number of ketones is 1. The summed E-state index contributed by atoms with van der Waals surface area (Å²) in [5.41, 5.74) is 3.73. The molecule has 2 aromatic heterocycles. The van der Waals surface area contributed by atoms with Crippen LogP contribution in [0.5, 0.6) is 0 Å². The highest BCUT2D eigenvalue weighted by atomic mass is 16.1. The monoisotopic (exact) mass is 285 g/mol. The molecule has 2 nitrogen and oxygen atoms in total. The predicted octanol–water partition coefficient (Wildman–Crippen LogP) is 4.63. The van der Waals surface area contributed by atoms with E-state index >= 15 is 0 Å². The maximum atomic E-state index is 13.0. The zero-order valence-electron chi connectivity index (χ0n) is 12.3. The Morgan fingerprint density at radius 2 is 1.50 bits per heavy atom. The molecule has 0 saturated heterocycles. The van der Waals surface area contributed by atoms with Gasteiger partial charge in [-0.2, -0.15) is 0 Å². The molecular formula is C20H15NO. The van der Waals surface area contributed by atoms with Crippen LogP contribution in [0.2, 0.25) is 0 Å². The summed E-state index contributed by atoms with van der Waals surface area (Å²) in [5, 5.41) is 2.13. The minimum atomic E-state index is 0.0578. The second-order valence-corrected chi connectivity index (χ2v) is 5.50. The van der Waals surface area contributed by atoms with Crippen molar-refractivity contribution in [3.8, 4) is 0 Å². The number of aromatic nitrogens is 1. The van der Waals surface area contributed by atoms with E-state index in [0.717, 1.165) is 22.0 Å². The second kappa shape index (κ2) is 4.85. The Bertz CT molecular complexity index is 996. The number of hydrogen-bond donors (Lipinski definition) is 0. The third-order valence-electron chi connectivity index (χ3n) is 4.13. The topological polar surface area (TPSA) is 21.5 Å². The van der Waals surface area contributed by atoms with Crippen LogP contribution in [0.3, 0.4) is 0 Å². The van der Waals surface area contributed by atoms with Gasteiger partial charge in [0.05, 0.1) is 5.52 Å². The van der Waals surface area contributed by atoms with Gasteiger partial charge >= 0.3 is 0 Å². The molecule has 2 heteroatoms. The van der Waals surface area contributed by atoms with Crippen LogP contribution in [0, 0.1) is 6.92 Å². The Morgan fingerprint density at radius 1 is 0.818 bits per heavy atom. The summed E-state index contributed by atoms with van der Waals surface area (Å²) < 4.78 is 2.02. The Hall–Kier alpha value is -2.87. The first-order valence-corrected chi connectivity index (χ1v) is 7.35. The summed E-state index contributed by atoms with van der Waals surface area (Å²) in [5.74, 6) is 0.0578. The Kier molecular flexibility index (Phi) is 2.83. The molecule has 2 heterocycles. The molecule has 0 bridgehead atoms. The predicted molar refractivity (Wildman–Crippen MR) is 89.5 cm³/mol. The summed E-state index contributed by atoms with van der Waals surface area (Å²) in [7, 11) is 0. The SMILES string of the molecule is Cc1cccn2c(C(=O)c3ccccc3)c3ccccc3c12. The number of hydrogen-bond acceptors (Lipinski definition) is 1. The van der Waals surface area contributed by atoms with E-state index < -0.39 is 0 Å². The van der Waals surface area contributed by atoms with Gasteiger partial charge in [0.15, 0.2) is 0 Å². The molecule has 0 N–H and O–H groups in total. The maximum Gasteiger partial charge on any atom is 0.210 e. The molecule has 22 heavy (non-hydrogen) atoms. The molecule has 0 aliphatic rings. The zero-order chi connectivity index (χ0) is 15.1. The Labute approximate surface area is 128 Å². The molecule has 4 aromatic rings. The van der Waals surface area contributed by atoms with Crippen molar-refractivity contribution < 1.29 is 4.79 Å². The minimum absolute atomic E-state index is 0.0578. The van der Waals surface area contributed by atoms with Crippen LogP contribution in [0.4, 0.5) is 0 Å². The van der Waals surface area contributed by atoms with E-state index in [1.807, 2.05) is 65.2 Å². The van der Waals surface area contributed by atoms with Gasteiger partial charge < -0.3 is 4.40 Å². The number of nitrogens with zero attached hydrogens (tertiary/aromatic N) is 1. The standard InChI is InChI=1S/C20H15NO/c1-14-8-7-13-21-18(14)16-11-5-6-12-17(16)19(21)20(22)15-9-3-2-4-10-15/h2-13H,1H3. The van der Waals surface area contributed by atoms with Gasteiger partial charge in [0, 0.05) is 22.5 Å². The smallest absolute Gasteiger partial charge is 0.210 e. The lowest BCUT2D eigenvalue weighted by Crippen LogP contribution is -2.05. The molecule has 0 fully saturated rings. The fourth-order valence-electron chi connectivity index (χ4n) is 3.13. The van der Waals surface area contributed by atoms with E-state index in [4.69, 9.17) is 0 Å². The van der Waals surface area contributed by atoms with Crippen molar-refractivity contribution >= 4 is 22.1 Å². The van der Waals surface area contributed by atoms with Crippen LogP contribution in [0.25, 0.3) is 16.3 Å². The van der Waals surface area contributed by atoms with Crippen molar-refractivity contribution in [2.75, 3.05) is 0 Å². The summed E-state index contributed by atoms with van der Waals surface area (Å²) in [6.45, 7) is 2.08.